The third kappa shape index (κ3) is 1.60. The van der Waals surface area contributed by atoms with Crippen LogP contribution < -0.4 is 5.73 Å². The second kappa shape index (κ2) is 4.20. The third-order valence-electron chi connectivity index (χ3n) is 4.48. The van der Waals surface area contributed by atoms with Gasteiger partial charge in [0.15, 0.2) is 0 Å². The van der Waals surface area contributed by atoms with E-state index in [1.165, 1.54) is 19.3 Å². The molecule has 0 spiro atoms. The molecule has 4 rings (SSSR count). The Kier molecular flexibility index (Phi) is 2.46. The lowest BCUT2D eigenvalue weighted by molar-refractivity contribution is 0.511. The van der Waals surface area contributed by atoms with Gasteiger partial charge in [0.05, 0.1) is 17.2 Å². The molecule has 1 aliphatic rings. The normalized spacial score (nSPS) is 22.9. The van der Waals surface area contributed by atoms with E-state index < -0.39 is 0 Å². The first-order valence-corrected chi connectivity index (χ1v) is 7.25. The monoisotopic (exact) mass is 266 g/mol. The standard InChI is InChI=1S/C16H18N4/c1-10-6-7-11(8-10)20-15-12-4-2-3-5-13(12)18-9-14(15)19-16(20)17/h2-5,9-11H,6-8H2,1H3,(H2,17,19). The number of aromatic nitrogens is 3. The lowest BCUT2D eigenvalue weighted by atomic mass is 10.1. The molecule has 0 amide bonds. The molecule has 1 aliphatic carbocycles. The fraction of sp³-hybridized carbons (Fsp3) is 0.375. The summed E-state index contributed by atoms with van der Waals surface area (Å²) in [5, 5.41) is 1.15. The summed E-state index contributed by atoms with van der Waals surface area (Å²) < 4.78 is 2.24. The highest BCUT2D eigenvalue weighted by atomic mass is 15.2. The van der Waals surface area contributed by atoms with Crippen molar-refractivity contribution in [2.24, 2.45) is 5.92 Å². The molecule has 102 valence electrons. The van der Waals surface area contributed by atoms with Crippen LogP contribution in [-0.4, -0.2) is 14.5 Å². The van der Waals surface area contributed by atoms with Crippen LogP contribution in [0.3, 0.4) is 0 Å². The molecule has 4 heteroatoms. The van der Waals surface area contributed by atoms with Gasteiger partial charge in [0.2, 0.25) is 5.95 Å². The van der Waals surface area contributed by atoms with Gasteiger partial charge in [-0.1, -0.05) is 25.1 Å². The number of nitrogens with zero attached hydrogens (tertiary/aromatic N) is 3. The number of hydrogen-bond donors (Lipinski definition) is 1. The van der Waals surface area contributed by atoms with E-state index in [0.717, 1.165) is 27.9 Å². The molecule has 2 atom stereocenters. The van der Waals surface area contributed by atoms with Crippen molar-refractivity contribution in [2.45, 2.75) is 32.2 Å². The van der Waals surface area contributed by atoms with Gasteiger partial charge >= 0.3 is 0 Å². The molecule has 0 aliphatic heterocycles. The van der Waals surface area contributed by atoms with Crippen molar-refractivity contribution in [2.75, 3.05) is 5.73 Å². The summed E-state index contributed by atoms with van der Waals surface area (Å²) in [6, 6.07) is 8.69. The van der Waals surface area contributed by atoms with E-state index in [4.69, 9.17) is 5.73 Å². The Bertz CT molecular complexity index is 790. The fourth-order valence-electron chi connectivity index (χ4n) is 3.52. The van der Waals surface area contributed by atoms with E-state index in [-0.39, 0.29) is 0 Å². The molecule has 3 aromatic rings. The number of nitrogen functional groups attached to an aromatic ring is 1. The van der Waals surface area contributed by atoms with Gasteiger partial charge in [-0.2, -0.15) is 0 Å². The number of pyridine rings is 1. The van der Waals surface area contributed by atoms with Gasteiger partial charge in [0, 0.05) is 11.4 Å². The summed E-state index contributed by atoms with van der Waals surface area (Å²) in [6.45, 7) is 2.31. The van der Waals surface area contributed by atoms with Crippen molar-refractivity contribution in [3.05, 3.63) is 30.5 Å². The highest BCUT2D eigenvalue weighted by Gasteiger charge is 2.26. The first kappa shape index (κ1) is 11.7. The van der Waals surface area contributed by atoms with Crippen molar-refractivity contribution < 1.29 is 0 Å². The average Bonchev–Trinajstić information content (AvgIpc) is 3.01. The Morgan fingerprint density at radius 1 is 1.20 bits per heavy atom. The van der Waals surface area contributed by atoms with Crippen LogP contribution in [0.1, 0.15) is 32.2 Å². The maximum Gasteiger partial charge on any atom is 0.201 e. The van der Waals surface area contributed by atoms with Crippen LogP contribution in [0.2, 0.25) is 0 Å². The Morgan fingerprint density at radius 3 is 2.85 bits per heavy atom. The van der Waals surface area contributed by atoms with Crippen molar-refractivity contribution in [1.29, 1.82) is 0 Å². The van der Waals surface area contributed by atoms with Crippen molar-refractivity contribution in [1.82, 2.24) is 14.5 Å². The minimum atomic E-state index is 0.473. The Morgan fingerprint density at radius 2 is 2.05 bits per heavy atom. The van der Waals surface area contributed by atoms with Crippen molar-refractivity contribution in [3.8, 4) is 0 Å². The van der Waals surface area contributed by atoms with Gasteiger partial charge < -0.3 is 10.3 Å². The Hall–Kier alpha value is -2.10. The van der Waals surface area contributed by atoms with Gasteiger partial charge in [0.1, 0.15) is 5.52 Å². The molecule has 0 radical (unpaired) electrons. The van der Waals surface area contributed by atoms with E-state index in [1.54, 1.807) is 0 Å². The van der Waals surface area contributed by atoms with E-state index in [2.05, 4.69) is 27.5 Å². The van der Waals surface area contributed by atoms with Crippen molar-refractivity contribution in [3.63, 3.8) is 0 Å². The van der Waals surface area contributed by atoms with Crippen LogP contribution in [0, 0.1) is 5.92 Å². The topological polar surface area (TPSA) is 56.7 Å². The number of benzene rings is 1. The van der Waals surface area contributed by atoms with Gasteiger partial charge in [-0.05, 0) is 31.2 Å². The molecule has 1 aromatic carbocycles. The maximum atomic E-state index is 6.19. The fourth-order valence-corrected chi connectivity index (χ4v) is 3.52. The number of hydrogen-bond acceptors (Lipinski definition) is 3. The van der Waals surface area contributed by atoms with E-state index in [9.17, 15) is 0 Å². The van der Waals surface area contributed by atoms with Crippen LogP contribution in [0.5, 0.6) is 0 Å². The summed E-state index contributed by atoms with van der Waals surface area (Å²) in [5.74, 6) is 1.39. The first-order chi connectivity index (χ1) is 9.74. The van der Waals surface area contributed by atoms with Crippen LogP contribution in [0.25, 0.3) is 21.9 Å². The van der Waals surface area contributed by atoms with Crippen LogP contribution in [0.15, 0.2) is 30.5 Å². The highest BCUT2D eigenvalue weighted by molar-refractivity contribution is 6.03. The average molecular weight is 266 g/mol. The molecular formula is C16H18N4. The zero-order chi connectivity index (χ0) is 13.7. The molecule has 2 heterocycles. The molecule has 2 N–H and O–H groups in total. The smallest absolute Gasteiger partial charge is 0.201 e. The molecular weight excluding hydrogens is 248 g/mol. The number of fused-ring (bicyclic) bond motifs is 3. The Labute approximate surface area is 117 Å². The zero-order valence-corrected chi connectivity index (χ0v) is 11.6. The molecule has 0 saturated heterocycles. The zero-order valence-electron chi connectivity index (χ0n) is 11.6. The summed E-state index contributed by atoms with van der Waals surface area (Å²) >= 11 is 0. The van der Waals surface area contributed by atoms with Crippen molar-refractivity contribution >= 4 is 27.9 Å². The second-order valence-electron chi connectivity index (χ2n) is 5.92. The molecule has 2 unspecified atom stereocenters. The molecule has 20 heavy (non-hydrogen) atoms. The predicted octanol–water partition coefficient (Wildman–Crippen LogP) is 3.53. The summed E-state index contributed by atoms with van der Waals surface area (Å²) in [5.41, 5.74) is 9.25. The summed E-state index contributed by atoms with van der Waals surface area (Å²) in [7, 11) is 0. The molecule has 1 saturated carbocycles. The lowest BCUT2D eigenvalue weighted by Crippen LogP contribution is -2.09. The number of nitrogens with two attached hydrogens (primary N) is 1. The van der Waals surface area contributed by atoms with Gasteiger partial charge in [0.25, 0.3) is 0 Å². The van der Waals surface area contributed by atoms with Crippen LogP contribution >= 0.6 is 0 Å². The molecule has 1 fully saturated rings. The maximum absolute atomic E-state index is 6.19. The van der Waals surface area contributed by atoms with E-state index in [0.29, 0.717) is 12.0 Å². The van der Waals surface area contributed by atoms with Crippen LogP contribution in [-0.2, 0) is 0 Å². The van der Waals surface area contributed by atoms with Gasteiger partial charge in [-0.15, -0.1) is 0 Å². The molecule has 2 aromatic heterocycles. The third-order valence-corrected chi connectivity index (χ3v) is 4.48. The number of anilines is 1. The minimum absolute atomic E-state index is 0.473. The summed E-state index contributed by atoms with van der Waals surface area (Å²) in [4.78, 5) is 8.99. The number of rotatable bonds is 1. The predicted molar refractivity (Wildman–Crippen MR) is 81.5 cm³/mol. The summed E-state index contributed by atoms with van der Waals surface area (Å²) in [6.07, 6.45) is 5.48. The van der Waals surface area contributed by atoms with E-state index >= 15 is 0 Å². The first-order valence-electron chi connectivity index (χ1n) is 7.25. The highest BCUT2D eigenvalue weighted by Crippen LogP contribution is 2.39. The SMILES string of the molecule is CC1CCC(n2c(N)nc3cnc4ccccc4c32)C1. The molecule has 0 bridgehead atoms. The number of imidazole rings is 1. The van der Waals surface area contributed by atoms with Crippen LogP contribution in [0.4, 0.5) is 5.95 Å². The molecule has 4 nitrogen and oxygen atoms in total. The van der Waals surface area contributed by atoms with Gasteiger partial charge in [-0.25, -0.2) is 4.98 Å². The largest absolute Gasteiger partial charge is 0.369 e. The number of para-hydroxylation sites is 1. The quantitative estimate of drug-likeness (QED) is 0.733. The lowest BCUT2D eigenvalue weighted by Gasteiger charge is -2.15. The Balaban J connectivity index is 2.03. The van der Waals surface area contributed by atoms with E-state index in [1.807, 2.05) is 24.4 Å². The minimum Gasteiger partial charge on any atom is -0.369 e. The van der Waals surface area contributed by atoms with Gasteiger partial charge in [-0.3, -0.25) is 4.98 Å². The second-order valence-corrected chi connectivity index (χ2v) is 5.92.